The molecule has 0 amide bonds. The Bertz CT molecular complexity index is 1050. The number of benzene rings is 1. The molecule has 1 unspecified atom stereocenters. The number of fused-ring (bicyclic) bond motifs is 2. The summed E-state index contributed by atoms with van der Waals surface area (Å²) in [6.07, 6.45) is 7.55. The van der Waals surface area contributed by atoms with E-state index in [1.54, 1.807) is 11.0 Å². The SMILES string of the molecule is CC(CC[C@@H](C)c1ncnc2c1cnn2C)c1nccc2ccccc12. The lowest BCUT2D eigenvalue weighted by molar-refractivity contribution is 0.562. The maximum atomic E-state index is 4.67. The molecule has 0 fully saturated rings. The lowest BCUT2D eigenvalue weighted by Gasteiger charge is -2.17. The predicted octanol–water partition coefficient (Wildman–Crippen LogP) is 4.60. The van der Waals surface area contributed by atoms with Gasteiger partial charge in [0.15, 0.2) is 5.65 Å². The van der Waals surface area contributed by atoms with Crippen molar-refractivity contribution in [2.24, 2.45) is 7.05 Å². The van der Waals surface area contributed by atoms with Crippen molar-refractivity contribution in [3.8, 4) is 0 Å². The highest BCUT2D eigenvalue weighted by molar-refractivity contribution is 5.84. The van der Waals surface area contributed by atoms with E-state index in [1.807, 2.05) is 19.4 Å². The Morgan fingerprint density at radius 1 is 0.885 bits per heavy atom. The number of aromatic nitrogens is 5. The fourth-order valence-corrected chi connectivity index (χ4v) is 3.68. The zero-order valence-corrected chi connectivity index (χ0v) is 15.4. The Kier molecular flexibility index (Phi) is 4.37. The summed E-state index contributed by atoms with van der Waals surface area (Å²) in [6.45, 7) is 4.50. The highest BCUT2D eigenvalue weighted by Gasteiger charge is 2.17. The third kappa shape index (κ3) is 2.94. The number of aryl methyl sites for hydroxylation is 1. The van der Waals surface area contributed by atoms with Gasteiger partial charge in [0, 0.05) is 18.6 Å². The smallest absolute Gasteiger partial charge is 0.161 e. The molecule has 4 aromatic rings. The van der Waals surface area contributed by atoms with Crippen LogP contribution in [0.5, 0.6) is 0 Å². The van der Waals surface area contributed by atoms with Gasteiger partial charge in [0.05, 0.1) is 23.0 Å². The van der Waals surface area contributed by atoms with E-state index >= 15 is 0 Å². The second kappa shape index (κ2) is 6.83. The van der Waals surface area contributed by atoms with E-state index in [0.717, 1.165) is 29.6 Å². The van der Waals surface area contributed by atoms with Crippen LogP contribution in [0, 0.1) is 0 Å². The van der Waals surface area contributed by atoms with Gasteiger partial charge in [-0.15, -0.1) is 0 Å². The van der Waals surface area contributed by atoms with Gasteiger partial charge in [-0.2, -0.15) is 5.10 Å². The normalized spacial score (nSPS) is 14.0. The molecule has 0 N–H and O–H groups in total. The maximum absolute atomic E-state index is 4.67. The van der Waals surface area contributed by atoms with E-state index in [4.69, 9.17) is 0 Å². The summed E-state index contributed by atoms with van der Waals surface area (Å²) in [6, 6.07) is 10.6. The van der Waals surface area contributed by atoms with Crippen LogP contribution in [0.2, 0.25) is 0 Å². The zero-order valence-electron chi connectivity index (χ0n) is 15.4. The first-order chi connectivity index (χ1) is 12.6. The molecule has 26 heavy (non-hydrogen) atoms. The maximum Gasteiger partial charge on any atom is 0.161 e. The molecule has 1 aromatic carbocycles. The molecule has 0 aliphatic rings. The summed E-state index contributed by atoms with van der Waals surface area (Å²) < 4.78 is 1.80. The van der Waals surface area contributed by atoms with E-state index in [1.165, 1.54) is 16.5 Å². The topological polar surface area (TPSA) is 56.5 Å². The van der Waals surface area contributed by atoms with Crippen LogP contribution in [-0.4, -0.2) is 24.7 Å². The molecule has 0 aliphatic carbocycles. The average molecular weight is 345 g/mol. The molecule has 0 bridgehead atoms. The van der Waals surface area contributed by atoms with Crippen LogP contribution in [0.25, 0.3) is 21.8 Å². The quantitative estimate of drug-likeness (QED) is 0.530. The highest BCUT2D eigenvalue weighted by Crippen LogP contribution is 2.31. The Balaban J connectivity index is 1.54. The summed E-state index contributed by atoms with van der Waals surface area (Å²) in [5.41, 5.74) is 3.16. The Morgan fingerprint density at radius 3 is 2.42 bits per heavy atom. The minimum atomic E-state index is 0.349. The first-order valence-electron chi connectivity index (χ1n) is 9.11. The summed E-state index contributed by atoms with van der Waals surface area (Å²) >= 11 is 0. The van der Waals surface area contributed by atoms with Crippen molar-refractivity contribution in [3.05, 3.63) is 60.4 Å². The van der Waals surface area contributed by atoms with Gasteiger partial charge in [-0.1, -0.05) is 38.1 Å². The Labute approximate surface area is 153 Å². The van der Waals surface area contributed by atoms with Gasteiger partial charge in [-0.3, -0.25) is 9.67 Å². The number of hydrogen-bond acceptors (Lipinski definition) is 4. The monoisotopic (exact) mass is 345 g/mol. The van der Waals surface area contributed by atoms with Gasteiger partial charge in [-0.25, -0.2) is 9.97 Å². The zero-order chi connectivity index (χ0) is 18.1. The summed E-state index contributed by atoms with van der Waals surface area (Å²) in [5.74, 6) is 0.747. The first-order valence-corrected chi connectivity index (χ1v) is 9.11. The molecule has 4 rings (SSSR count). The molecule has 3 aromatic heterocycles. The molecule has 0 spiro atoms. The van der Waals surface area contributed by atoms with E-state index in [2.05, 4.69) is 64.2 Å². The van der Waals surface area contributed by atoms with Gasteiger partial charge < -0.3 is 0 Å². The number of pyridine rings is 1. The summed E-state index contributed by atoms with van der Waals surface area (Å²) in [5, 5.41) is 7.89. The lowest BCUT2D eigenvalue weighted by atomic mass is 9.91. The Morgan fingerprint density at radius 2 is 1.62 bits per heavy atom. The molecule has 3 heterocycles. The minimum absolute atomic E-state index is 0.349. The van der Waals surface area contributed by atoms with Crippen molar-refractivity contribution < 1.29 is 0 Å². The van der Waals surface area contributed by atoms with Crippen molar-refractivity contribution in [1.29, 1.82) is 0 Å². The van der Waals surface area contributed by atoms with Crippen LogP contribution < -0.4 is 0 Å². The van der Waals surface area contributed by atoms with E-state index in [-0.39, 0.29) is 0 Å². The highest BCUT2D eigenvalue weighted by atomic mass is 15.3. The van der Waals surface area contributed by atoms with E-state index in [9.17, 15) is 0 Å². The van der Waals surface area contributed by atoms with Crippen molar-refractivity contribution >= 4 is 21.8 Å². The molecule has 5 heteroatoms. The molecular formula is C21H23N5. The van der Waals surface area contributed by atoms with Gasteiger partial charge in [0.1, 0.15) is 6.33 Å². The number of hydrogen-bond donors (Lipinski definition) is 0. The molecule has 0 radical (unpaired) electrons. The van der Waals surface area contributed by atoms with Crippen LogP contribution in [0.3, 0.4) is 0 Å². The van der Waals surface area contributed by atoms with Crippen molar-refractivity contribution in [2.45, 2.75) is 38.5 Å². The van der Waals surface area contributed by atoms with Crippen molar-refractivity contribution in [2.75, 3.05) is 0 Å². The number of nitrogens with zero attached hydrogens (tertiary/aromatic N) is 5. The van der Waals surface area contributed by atoms with Gasteiger partial charge in [0.25, 0.3) is 0 Å². The Hall–Kier alpha value is -2.82. The molecule has 132 valence electrons. The minimum Gasteiger partial charge on any atom is -0.260 e. The third-order valence-electron chi connectivity index (χ3n) is 5.23. The van der Waals surface area contributed by atoms with Gasteiger partial charge in [-0.05, 0) is 36.1 Å². The standard InChI is InChI=1S/C21H23N5/c1-14(19-17-7-5-4-6-16(17)10-11-22-19)8-9-15(2)20-18-12-25-26(3)21(18)24-13-23-20/h4-7,10-15H,8-9H2,1-3H3/t14?,15-/m1/s1. The molecule has 0 saturated heterocycles. The van der Waals surface area contributed by atoms with Gasteiger partial charge >= 0.3 is 0 Å². The van der Waals surface area contributed by atoms with Crippen molar-refractivity contribution in [3.63, 3.8) is 0 Å². The molecule has 5 nitrogen and oxygen atoms in total. The average Bonchev–Trinajstić information content (AvgIpc) is 3.06. The van der Waals surface area contributed by atoms with E-state index in [0.29, 0.717) is 11.8 Å². The van der Waals surface area contributed by atoms with Crippen LogP contribution >= 0.6 is 0 Å². The molecule has 2 atom stereocenters. The second-order valence-corrected chi connectivity index (χ2v) is 7.06. The van der Waals surface area contributed by atoms with Crippen LogP contribution in [0.1, 0.15) is 49.9 Å². The predicted molar refractivity (Wildman–Crippen MR) is 104 cm³/mol. The van der Waals surface area contributed by atoms with Crippen LogP contribution in [-0.2, 0) is 7.05 Å². The van der Waals surface area contributed by atoms with Crippen LogP contribution in [0.15, 0.2) is 49.1 Å². The number of rotatable bonds is 5. The van der Waals surface area contributed by atoms with E-state index < -0.39 is 0 Å². The second-order valence-electron chi connectivity index (χ2n) is 7.06. The first kappa shape index (κ1) is 16.6. The lowest BCUT2D eigenvalue weighted by Crippen LogP contribution is -2.04. The molecule has 0 saturated carbocycles. The molecular weight excluding hydrogens is 322 g/mol. The fraction of sp³-hybridized carbons (Fsp3) is 0.333. The molecule has 0 aliphatic heterocycles. The largest absolute Gasteiger partial charge is 0.260 e. The van der Waals surface area contributed by atoms with Crippen molar-refractivity contribution in [1.82, 2.24) is 24.7 Å². The third-order valence-corrected chi connectivity index (χ3v) is 5.23. The summed E-state index contributed by atoms with van der Waals surface area (Å²) in [7, 11) is 1.91. The summed E-state index contributed by atoms with van der Waals surface area (Å²) in [4.78, 5) is 13.6. The van der Waals surface area contributed by atoms with Crippen LogP contribution in [0.4, 0.5) is 0 Å². The fourth-order valence-electron chi connectivity index (χ4n) is 3.68. The van der Waals surface area contributed by atoms with Gasteiger partial charge in [0.2, 0.25) is 0 Å².